The molecule has 1 heterocycles. The van der Waals surface area contributed by atoms with E-state index in [-0.39, 0.29) is 11.5 Å². The molecule has 0 saturated heterocycles. The summed E-state index contributed by atoms with van der Waals surface area (Å²) >= 11 is 0. The summed E-state index contributed by atoms with van der Waals surface area (Å²) in [6.45, 7) is 1.98. The average Bonchev–Trinajstić information content (AvgIpc) is 2.48. The highest BCUT2D eigenvalue weighted by molar-refractivity contribution is 5.96. The quantitative estimate of drug-likeness (QED) is 0.786. The van der Waals surface area contributed by atoms with E-state index in [1.807, 2.05) is 25.1 Å². The lowest BCUT2D eigenvalue weighted by molar-refractivity contribution is 0.306. The van der Waals surface area contributed by atoms with E-state index in [0.29, 0.717) is 5.75 Å². The molecule has 104 valence electrons. The lowest BCUT2D eigenvalue weighted by Gasteiger charge is -2.27. The van der Waals surface area contributed by atoms with E-state index in [2.05, 4.69) is 5.92 Å². The topological polar surface area (TPSA) is 49.7 Å². The Morgan fingerprint density at radius 3 is 2.38 bits per heavy atom. The van der Waals surface area contributed by atoms with Gasteiger partial charge >= 0.3 is 0 Å². The van der Waals surface area contributed by atoms with Gasteiger partial charge in [-0.05, 0) is 42.3 Å². The van der Waals surface area contributed by atoms with Crippen molar-refractivity contribution in [2.45, 2.75) is 13.0 Å². The fourth-order valence-electron chi connectivity index (χ4n) is 2.57. The van der Waals surface area contributed by atoms with Gasteiger partial charge in [-0.1, -0.05) is 18.1 Å². The van der Waals surface area contributed by atoms with Gasteiger partial charge in [-0.25, -0.2) is 0 Å². The van der Waals surface area contributed by atoms with Crippen molar-refractivity contribution in [1.82, 2.24) is 0 Å². The monoisotopic (exact) mass is 278 g/mol. The Kier molecular flexibility index (Phi) is 3.08. The van der Waals surface area contributed by atoms with E-state index in [4.69, 9.17) is 11.2 Å². The van der Waals surface area contributed by atoms with E-state index in [9.17, 15) is 10.2 Å². The van der Waals surface area contributed by atoms with Crippen LogP contribution >= 0.6 is 0 Å². The summed E-state index contributed by atoms with van der Waals surface area (Å²) in [4.78, 5) is 0. The van der Waals surface area contributed by atoms with Gasteiger partial charge in [0, 0.05) is 17.2 Å². The summed E-state index contributed by atoms with van der Waals surface area (Å²) in [5.41, 5.74) is 3.72. The first-order chi connectivity index (χ1) is 10.1. The molecule has 0 amide bonds. The van der Waals surface area contributed by atoms with Crippen LogP contribution in [0.25, 0.3) is 11.1 Å². The zero-order valence-electron chi connectivity index (χ0n) is 11.5. The second-order valence-corrected chi connectivity index (χ2v) is 4.93. The minimum absolute atomic E-state index is 0.144. The normalized spacial score (nSPS) is 16.9. The molecule has 2 N–H and O–H groups in total. The van der Waals surface area contributed by atoms with E-state index in [0.717, 1.165) is 22.3 Å². The van der Waals surface area contributed by atoms with Crippen molar-refractivity contribution in [2.75, 3.05) is 0 Å². The van der Waals surface area contributed by atoms with E-state index >= 15 is 0 Å². The van der Waals surface area contributed by atoms with Gasteiger partial charge in [0.05, 0.1) is 0 Å². The van der Waals surface area contributed by atoms with Crippen molar-refractivity contribution in [3.8, 4) is 29.6 Å². The van der Waals surface area contributed by atoms with Crippen LogP contribution in [-0.4, -0.2) is 16.3 Å². The van der Waals surface area contributed by atoms with Crippen LogP contribution < -0.4 is 4.74 Å². The average molecular weight is 278 g/mol. The van der Waals surface area contributed by atoms with Crippen molar-refractivity contribution in [3.63, 3.8) is 0 Å². The molecule has 0 aromatic heterocycles. The smallest absolute Gasteiger partial charge is 0.185 e. The summed E-state index contributed by atoms with van der Waals surface area (Å²) in [7, 11) is 0. The largest absolute Gasteiger partial charge is 0.508 e. The van der Waals surface area contributed by atoms with Crippen molar-refractivity contribution in [3.05, 3.63) is 53.6 Å². The Balaban J connectivity index is 2.20. The number of terminal acetylenes is 1. The molecule has 0 unspecified atom stereocenters. The lowest BCUT2D eigenvalue weighted by Crippen LogP contribution is -2.21. The van der Waals surface area contributed by atoms with Gasteiger partial charge in [0.1, 0.15) is 17.2 Å². The van der Waals surface area contributed by atoms with Crippen molar-refractivity contribution >= 4 is 11.1 Å². The molecule has 1 atom stereocenters. The third-order valence-corrected chi connectivity index (χ3v) is 3.61. The predicted molar refractivity (Wildman–Crippen MR) is 82.0 cm³/mol. The summed E-state index contributed by atoms with van der Waals surface area (Å²) in [5.74, 6) is 3.56. The fraction of sp³-hybridized carbons (Fsp3) is 0.111. The van der Waals surface area contributed by atoms with Crippen molar-refractivity contribution < 1.29 is 14.9 Å². The molecule has 1 aliphatic heterocycles. The fourth-order valence-corrected chi connectivity index (χ4v) is 2.57. The Morgan fingerprint density at radius 2 is 1.71 bits per heavy atom. The number of rotatable bonds is 1. The predicted octanol–water partition coefficient (Wildman–Crippen LogP) is 3.42. The zero-order valence-corrected chi connectivity index (χ0v) is 11.5. The number of aromatic hydroxyl groups is 2. The third kappa shape index (κ3) is 2.21. The molecule has 3 nitrogen and oxygen atoms in total. The minimum atomic E-state index is -0.524. The minimum Gasteiger partial charge on any atom is -0.508 e. The second kappa shape index (κ2) is 4.92. The molecule has 0 spiro atoms. The molecule has 3 heteroatoms. The number of phenols is 2. The van der Waals surface area contributed by atoms with Crippen LogP contribution in [0.1, 0.15) is 18.1 Å². The molecule has 0 radical (unpaired) electrons. The van der Waals surface area contributed by atoms with E-state index in [1.165, 1.54) is 0 Å². The molecule has 0 saturated carbocycles. The molecule has 1 aliphatic rings. The second-order valence-electron chi connectivity index (χ2n) is 4.93. The SMILES string of the molecule is C#C[C@@H]1Oc2cc(O)ccc2C(C)=C1c1ccc(O)cc1. The highest BCUT2D eigenvalue weighted by atomic mass is 16.5. The molecule has 0 fully saturated rings. The van der Waals surface area contributed by atoms with Crippen molar-refractivity contribution in [1.29, 1.82) is 0 Å². The van der Waals surface area contributed by atoms with Crippen LogP contribution in [0.15, 0.2) is 42.5 Å². The molecule has 2 aromatic carbocycles. The van der Waals surface area contributed by atoms with Gasteiger partial charge in [-0.2, -0.15) is 0 Å². The molecule has 2 aromatic rings. The Morgan fingerprint density at radius 1 is 1.05 bits per heavy atom. The maximum absolute atomic E-state index is 9.57. The Labute approximate surface area is 123 Å². The van der Waals surface area contributed by atoms with E-state index < -0.39 is 6.10 Å². The van der Waals surface area contributed by atoms with Gasteiger partial charge in [0.2, 0.25) is 0 Å². The van der Waals surface area contributed by atoms with Gasteiger partial charge in [-0.15, -0.1) is 6.42 Å². The summed E-state index contributed by atoms with van der Waals surface area (Å²) in [6.07, 6.45) is 5.07. The van der Waals surface area contributed by atoms with Gasteiger partial charge in [0.15, 0.2) is 6.10 Å². The number of allylic oxidation sites excluding steroid dienone is 1. The first-order valence-electron chi connectivity index (χ1n) is 6.56. The van der Waals surface area contributed by atoms with Crippen LogP contribution in [0.4, 0.5) is 0 Å². The van der Waals surface area contributed by atoms with Crippen LogP contribution in [0, 0.1) is 12.3 Å². The highest BCUT2D eigenvalue weighted by Crippen LogP contribution is 2.41. The standard InChI is InChI=1S/C18H14O3/c1-3-16-18(12-4-6-13(19)7-5-12)11(2)15-9-8-14(20)10-17(15)21-16/h1,4-10,16,19-20H,2H3/t16-/m0/s1. The summed E-state index contributed by atoms with van der Waals surface area (Å²) < 4.78 is 5.81. The maximum Gasteiger partial charge on any atom is 0.185 e. The number of fused-ring (bicyclic) bond motifs is 1. The summed E-state index contributed by atoms with van der Waals surface area (Å²) in [5, 5.41) is 19.0. The van der Waals surface area contributed by atoms with Crippen LogP contribution in [0.3, 0.4) is 0 Å². The molecule has 21 heavy (non-hydrogen) atoms. The third-order valence-electron chi connectivity index (χ3n) is 3.61. The highest BCUT2D eigenvalue weighted by Gasteiger charge is 2.26. The lowest BCUT2D eigenvalue weighted by atomic mass is 9.89. The number of ether oxygens (including phenoxy) is 1. The molecular formula is C18H14O3. The van der Waals surface area contributed by atoms with Gasteiger partial charge in [-0.3, -0.25) is 0 Å². The maximum atomic E-state index is 9.57. The number of hydrogen-bond donors (Lipinski definition) is 2. The van der Waals surface area contributed by atoms with Crippen LogP contribution in [0.2, 0.25) is 0 Å². The van der Waals surface area contributed by atoms with Gasteiger partial charge < -0.3 is 14.9 Å². The Bertz CT molecular complexity index is 764. The van der Waals surface area contributed by atoms with Crippen LogP contribution in [0.5, 0.6) is 17.2 Å². The summed E-state index contributed by atoms with van der Waals surface area (Å²) in [6, 6.07) is 11.9. The number of phenolic OH excluding ortho intramolecular Hbond substituents is 2. The van der Waals surface area contributed by atoms with Crippen molar-refractivity contribution in [2.24, 2.45) is 0 Å². The molecule has 0 bridgehead atoms. The number of hydrogen-bond acceptors (Lipinski definition) is 3. The number of benzene rings is 2. The van der Waals surface area contributed by atoms with Crippen LogP contribution in [-0.2, 0) is 0 Å². The first kappa shape index (κ1) is 13.1. The van der Waals surface area contributed by atoms with E-state index in [1.54, 1.807) is 24.3 Å². The first-order valence-corrected chi connectivity index (χ1v) is 6.56. The molecule has 3 rings (SSSR count). The molecular weight excluding hydrogens is 264 g/mol. The van der Waals surface area contributed by atoms with Gasteiger partial charge in [0.25, 0.3) is 0 Å². The Hall–Kier alpha value is -2.86. The zero-order chi connectivity index (χ0) is 15.0. The molecule has 0 aliphatic carbocycles.